The fraction of sp³-hybridized carbons (Fsp3) is 0.458. The van der Waals surface area contributed by atoms with Crippen LogP contribution in [0.15, 0.2) is 36.4 Å². The number of hydrogen-bond donors (Lipinski definition) is 1. The predicted octanol–water partition coefficient (Wildman–Crippen LogP) is 5.72. The maximum absolute atomic E-state index is 12.4. The number of benzene rings is 2. The number of hydrogen-bond acceptors (Lipinski definition) is 1. The van der Waals surface area contributed by atoms with Crippen LogP contribution in [0.5, 0.6) is 0 Å². The molecule has 0 fully saturated rings. The Bertz CT molecular complexity index is 766. The van der Waals surface area contributed by atoms with Crippen molar-refractivity contribution in [1.29, 1.82) is 0 Å². The molecule has 1 atom stereocenters. The van der Waals surface area contributed by atoms with E-state index in [9.17, 15) is 4.79 Å². The lowest BCUT2D eigenvalue weighted by Crippen LogP contribution is -2.27. The number of amides is 1. The first kappa shape index (κ1) is 20.2. The lowest BCUT2D eigenvalue weighted by molar-refractivity contribution is -0.121. The second kappa shape index (κ2) is 8.07. The average Bonchev–Trinajstić information content (AvgIpc) is 2.55. The zero-order valence-electron chi connectivity index (χ0n) is 17.4. The Morgan fingerprint density at radius 3 is 2.12 bits per heavy atom. The molecule has 0 aliphatic rings. The zero-order valence-corrected chi connectivity index (χ0v) is 17.4. The monoisotopic (exact) mass is 351 g/mol. The lowest BCUT2D eigenvalue weighted by atomic mass is 9.86. The van der Waals surface area contributed by atoms with Crippen molar-refractivity contribution < 1.29 is 4.79 Å². The smallest absolute Gasteiger partial charge is 0.220 e. The topological polar surface area (TPSA) is 29.1 Å². The van der Waals surface area contributed by atoms with Crippen LogP contribution in [0.4, 0.5) is 0 Å². The van der Waals surface area contributed by atoms with Gasteiger partial charge < -0.3 is 5.32 Å². The fourth-order valence-corrected chi connectivity index (χ4v) is 3.27. The van der Waals surface area contributed by atoms with Crippen molar-refractivity contribution in [2.75, 3.05) is 0 Å². The van der Waals surface area contributed by atoms with E-state index in [2.05, 4.69) is 90.2 Å². The maximum Gasteiger partial charge on any atom is 0.220 e. The van der Waals surface area contributed by atoms with Gasteiger partial charge in [-0.2, -0.15) is 0 Å². The second-order valence-corrected chi connectivity index (χ2v) is 8.53. The van der Waals surface area contributed by atoms with E-state index in [4.69, 9.17) is 0 Å². The quantitative estimate of drug-likeness (QED) is 0.733. The SMILES string of the molecule is Cc1cc(C)c([C@H](C)NC(=O)CCc2ccc(C(C)(C)C)cc2)cc1C. The largest absolute Gasteiger partial charge is 0.350 e. The van der Waals surface area contributed by atoms with E-state index in [0.29, 0.717) is 6.42 Å². The van der Waals surface area contributed by atoms with Crippen LogP contribution in [-0.2, 0) is 16.6 Å². The molecule has 0 saturated carbocycles. The summed E-state index contributed by atoms with van der Waals surface area (Å²) in [5.74, 6) is 0.107. The molecule has 2 heteroatoms. The van der Waals surface area contributed by atoms with Crippen LogP contribution in [0.1, 0.15) is 73.5 Å². The molecular formula is C24H33NO. The average molecular weight is 352 g/mol. The van der Waals surface area contributed by atoms with Gasteiger partial charge in [-0.15, -0.1) is 0 Å². The zero-order chi connectivity index (χ0) is 19.5. The molecule has 1 N–H and O–H groups in total. The van der Waals surface area contributed by atoms with E-state index in [1.807, 2.05) is 0 Å². The number of carbonyl (C=O) groups is 1. The van der Waals surface area contributed by atoms with Crippen LogP contribution in [0.2, 0.25) is 0 Å². The van der Waals surface area contributed by atoms with Crippen LogP contribution >= 0.6 is 0 Å². The lowest BCUT2D eigenvalue weighted by Gasteiger charge is -2.19. The van der Waals surface area contributed by atoms with E-state index >= 15 is 0 Å². The number of aryl methyl sites for hydroxylation is 4. The van der Waals surface area contributed by atoms with Crippen LogP contribution in [0.25, 0.3) is 0 Å². The summed E-state index contributed by atoms with van der Waals surface area (Å²) in [5, 5.41) is 3.15. The molecule has 0 unspecified atom stereocenters. The Labute approximate surface area is 159 Å². The second-order valence-electron chi connectivity index (χ2n) is 8.53. The summed E-state index contributed by atoms with van der Waals surface area (Å²) in [4.78, 5) is 12.4. The van der Waals surface area contributed by atoms with E-state index in [1.54, 1.807) is 0 Å². The highest BCUT2D eigenvalue weighted by Crippen LogP contribution is 2.23. The van der Waals surface area contributed by atoms with Gasteiger partial charge in [-0.1, -0.05) is 57.2 Å². The summed E-state index contributed by atoms with van der Waals surface area (Å²) in [6, 6.07) is 13.1. The molecule has 0 aliphatic heterocycles. The molecule has 0 saturated heterocycles. The minimum Gasteiger partial charge on any atom is -0.350 e. The van der Waals surface area contributed by atoms with Crippen molar-refractivity contribution in [2.24, 2.45) is 0 Å². The van der Waals surface area contributed by atoms with Crippen molar-refractivity contribution in [2.45, 2.75) is 72.8 Å². The van der Waals surface area contributed by atoms with Gasteiger partial charge in [0.1, 0.15) is 0 Å². The van der Waals surface area contributed by atoms with E-state index in [-0.39, 0.29) is 17.4 Å². The Balaban J connectivity index is 1.93. The number of rotatable bonds is 5. The molecule has 0 heterocycles. The van der Waals surface area contributed by atoms with Crippen molar-refractivity contribution in [3.8, 4) is 0 Å². The van der Waals surface area contributed by atoms with Gasteiger partial charge in [0.15, 0.2) is 0 Å². The third kappa shape index (κ3) is 5.20. The molecule has 0 spiro atoms. The van der Waals surface area contributed by atoms with Gasteiger partial charge in [0.25, 0.3) is 0 Å². The van der Waals surface area contributed by atoms with Crippen LogP contribution in [-0.4, -0.2) is 5.91 Å². The number of carbonyl (C=O) groups excluding carboxylic acids is 1. The first-order valence-electron chi connectivity index (χ1n) is 9.54. The summed E-state index contributed by atoms with van der Waals surface area (Å²) in [7, 11) is 0. The van der Waals surface area contributed by atoms with E-state index in [1.165, 1.54) is 33.4 Å². The predicted molar refractivity (Wildman–Crippen MR) is 111 cm³/mol. The molecule has 2 nitrogen and oxygen atoms in total. The molecule has 2 aromatic carbocycles. The normalized spacial score (nSPS) is 12.7. The van der Waals surface area contributed by atoms with Gasteiger partial charge in [-0.3, -0.25) is 4.79 Å². The Hall–Kier alpha value is -2.09. The molecule has 2 aromatic rings. The summed E-state index contributed by atoms with van der Waals surface area (Å²) >= 11 is 0. The van der Waals surface area contributed by atoms with Gasteiger partial charge in [0, 0.05) is 6.42 Å². The van der Waals surface area contributed by atoms with E-state index in [0.717, 1.165) is 6.42 Å². The molecule has 1 amide bonds. The Morgan fingerprint density at radius 1 is 0.962 bits per heavy atom. The first-order chi connectivity index (χ1) is 12.1. The standard InChI is InChI=1S/C24H33NO/c1-16-14-18(3)22(15-17(16)2)19(4)25-23(26)13-10-20-8-11-21(12-9-20)24(5,6)7/h8-9,11-12,14-15,19H,10,13H2,1-7H3,(H,25,26)/t19-/m0/s1. The van der Waals surface area contributed by atoms with Crippen molar-refractivity contribution in [3.63, 3.8) is 0 Å². The first-order valence-corrected chi connectivity index (χ1v) is 9.54. The van der Waals surface area contributed by atoms with Gasteiger partial charge in [-0.25, -0.2) is 0 Å². The molecule has 0 radical (unpaired) electrons. The summed E-state index contributed by atoms with van der Waals surface area (Å²) in [5.41, 5.74) is 7.70. The van der Waals surface area contributed by atoms with Crippen LogP contribution in [0, 0.1) is 20.8 Å². The van der Waals surface area contributed by atoms with E-state index < -0.39 is 0 Å². The van der Waals surface area contributed by atoms with Crippen molar-refractivity contribution in [1.82, 2.24) is 5.32 Å². The summed E-state index contributed by atoms with van der Waals surface area (Å²) in [6.45, 7) is 15.1. The molecule has 0 aromatic heterocycles. The van der Waals surface area contributed by atoms with Gasteiger partial charge in [0.05, 0.1) is 6.04 Å². The molecule has 0 aliphatic carbocycles. The Kier molecular flexibility index (Phi) is 6.28. The van der Waals surface area contributed by atoms with Crippen LogP contribution < -0.4 is 5.32 Å². The van der Waals surface area contributed by atoms with Crippen LogP contribution in [0.3, 0.4) is 0 Å². The van der Waals surface area contributed by atoms with Crippen molar-refractivity contribution >= 4 is 5.91 Å². The minimum atomic E-state index is 0.0325. The highest BCUT2D eigenvalue weighted by molar-refractivity contribution is 5.76. The third-order valence-corrected chi connectivity index (χ3v) is 5.19. The molecule has 26 heavy (non-hydrogen) atoms. The minimum absolute atomic E-state index is 0.0325. The van der Waals surface area contributed by atoms with Gasteiger partial charge in [-0.05, 0) is 72.9 Å². The number of nitrogens with one attached hydrogen (secondary N) is 1. The molecular weight excluding hydrogens is 318 g/mol. The van der Waals surface area contributed by atoms with Gasteiger partial charge in [0.2, 0.25) is 5.91 Å². The molecule has 2 rings (SSSR count). The van der Waals surface area contributed by atoms with Crippen molar-refractivity contribution in [3.05, 3.63) is 69.8 Å². The molecule has 140 valence electrons. The summed E-state index contributed by atoms with van der Waals surface area (Å²) in [6.07, 6.45) is 1.29. The Morgan fingerprint density at radius 2 is 1.54 bits per heavy atom. The summed E-state index contributed by atoms with van der Waals surface area (Å²) < 4.78 is 0. The molecule has 0 bridgehead atoms. The third-order valence-electron chi connectivity index (χ3n) is 5.19. The highest BCUT2D eigenvalue weighted by Gasteiger charge is 2.14. The fourth-order valence-electron chi connectivity index (χ4n) is 3.27. The van der Waals surface area contributed by atoms with Gasteiger partial charge >= 0.3 is 0 Å². The highest BCUT2D eigenvalue weighted by atomic mass is 16.1. The maximum atomic E-state index is 12.4.